The van der Waals surface area contributed by atoms with Gasteiger partial charge in [0, 0.05) is 11.1 Å². The van der Waals surface area contributed by atoms with E-state index in [1.807, 2.05) is 38.1 Å². The third-order valence-corrected chi connectivity index (χ3v) is 4.47. The number of hydrogen-bond donors (Lipinski definition) is 2. The van der Waals surface area contributed by atoms with E-state index in [2.05, 4.69) is 0 Å². The predicted molar refractivity (Wildman–Crippen MR) is 112 cm³/mol. The van der Waals surface area contributed by atoms with Gasteiger partial charge in [-0.05, 0) is 52.7 Å². The molecule has 0 saturated carbocycles. The van der Waals surface area contributed by atoms with Crippen molar-refractivity contribution < 1.29 is 24.5 Å². The molecule has 0 atom stereocenters. The molecule has 5 nitrogen and oxygen atoms in total. The molecule has 156 valence electrons. The molecule has 0 heterocycles. The second-order valence-corrected chi connectivity index (χ2v) is 8.59. The van der Waals surface area contributed by atoms with Gasteiger partial charge in [-0.15, -0.1) is 0 Å². The van der Waals surface area contributed by atoms with E-state index in [1.54, 1.807) is 24.3 Å². The van der Waals surface area contributed by atoms with Crippen LogP contribution in [0.25, 0.3) is 0 Å². The fourth-order valence-electron chi connectivity index (χ4n) is 2.95. The van der Waals surface area contributed by atoms with Crippen LogP contribution in [0.5, 0.6) is 0 Å². The van der Waals surface area contributed by atoms with Crippen LogP contribution in [-0.4, -0.2) is 39.1 Å². The summed E-state index contributed by atoms with van der Waals surface area (Å²) in [6.45, 7) is 9.72. The number of ether oxygens (including phenoxy) is 1. The molecule has 29 heavy (non-hydrogen) atoms. The van der Waals surface area contributed by atoms with Crippen molar-refractivity contribution in [3.8, 4) is 0 Å². The Morgan fingerprint density at radius 1 is 0.724 bits per heavy atom. The minimum atomic E-state index is -1.43. The quantitative estimate of drug-likeness (QED) is 0.654. The highest BCUT2D eigenvalue weighted by Crippen LogP contribution is 2.29. The standard InChI is InChI=1S/C24H30O5/c1-15(2)29-20(16-7-11-18(12-8-16)21(25)23(3,4)27)17-9-13-19(14-10-17)22(26)24(5,6)28/h7-15,20,27-28H,1-6H3. The molecule has 0 saturated heterocycles. The fourth-order valence-corrected chi connectivity index (χ4v) is 2.95. The third-order valence-electron chi connectivity index (χ3n) is 4.47. The maximum atomic E-state index is 12.2. The van der Waals surface area contributed by atoms with Crippen LogP contribution in [0.3, 0.4) is 0 Å². The lowest BCUT2D eigenvalue weighted by Gasteiger charge is -2.23. The summed E-state index contributed by atoms with van der Waals surface area (Å²) in [5.74, 6) is -0.695. The topological polar surface area (TPSA) is 83.8 Å². The number of ketones is 2. The van der Waals surface area contributed by atoms with Crippen molar-refractivity contribution in [3.05, 3.63) is 70.8 Å². The molecule has 0 unspecified atom stereocenters. The summed E-state index contributed by atoms with van der Waals surface area (Å²) in [6, 6.07) is 13.9. The Morgan fingerprint density at radius 3 is 1.28 bits per heavy atom. The van der Waals surface area contributed by atoms with Crippen molar-refractivity contribution in [2.24, 2.45) is 0 Å². The van der Waals surface area contributed by atoms with Crippen LogP contribution in [0.1, 0.15) is 79.5 Å². The first-order chi connectivity index (χ1) is 13.3. The van der Waals surface area contributed by atoms with Crippen LogP contribution in [0.4, 0.5) is 0 Å². The molecule has 2 N–H and O–H groups in total. The Kier molecular flexibility index (Phi) is 6.78. The van der Waals surface area contributed by atoms with Crippen LogP contribution in [0.2, 0.25) is 0 Å². The summed E-state index contributed by atoms with van der Waals surface area (Å²) in [4.78, 5) is 24.5. The Morgan fingerprint density at radius 2 is 1.03 bits per heavy atom. The normalized spacial score (nSPS) is 12.5. The van der Waals surface area contributed by atoms with Crippen molar-refractivity contribution in [1.82, 2.24) is 0 Å². The van der Waals surface area contributed by atoms with Crippen molar-refractivity contribution in [1.29, 1.82) is 0 Å². The molecular formula is C24H30O5. The summed E-state index contributed by atoms with van der Waals surface area (Å²) >= 11 is 0. The summed E-state index contributed by atoms with van der Waals surface area (Å²) in [5.41, 5.74) is -0.303. The molecule has 2 aromatic rings. The molecule has 2 aromatic carbocycles. The third kappa shape index (κ3) is 5.82. The largest absolute Gasteiger partial charge is 0.382 e. The zero-order valence-corrected chi connectivity index (χ0v) is 17.9. The van der Waals surface area contributed by atoms with E-state index >= 15 is 0 Å². The maximum Gasteiger partial charge on any atom is 0.193 e. The molecular weight excluding hydrogens is 368 g/mol. The van der Waals surface area contributed by atoms with Gasteiger partial charge in [-0.1, -0.05) is 48.5 Å². The maximum absolute atomic E-state index is 12.2. The van der Waals surface area contributed by atoms with E-state index in [0.29, 0.717) is 11.1 Å². The smallest absolute Gasteiger partial charge is 0.193 e. The first kappa shape index (κ1) is 22.9. The van der Waals surface area contributed by atoms with E-state index < -0.39 is 11.2 Å². The van der Waals surface area contributed by atoms with E-state index in [0.717, 1.165) is 11.1 Å². The molecule has 0 aliphatic heterocycles. The molecule has 2 rings (SSSR count). The lowest BCUT2D eigenvalue weighted by atomic mass is 9.92. The van der Waals surface area contributed by atoms with Gasteiger partial charge in [-0.2, -0.15) is 0 Å². The van der Waals surface area contributed by atoms with E-state index in [1.165, 1.54) is 27.7 Å². The van der Waals surface area contributed by atoms with Gasteiger partial charge < -0.3 is 14.9 Å². The number of benzene rings is 2. The Hall–Kier alpha value is -2.34. The van der Waals surface area contributed by atoms with E-state index in [9.17, 15) is 19.8 Å². The second kappa shape index (κ2) is 8.57. The number of hydrogen-bond acceptors (Lipinski definition) is 5. The van der Waals surface area contributed by atoms with Crippen LogP contribution < -0.4 is 0 Å². The average Bonchev–Trinajstić information content (AvgIpc) is 2.63. The van der Waals surface area contributed by atoms with Gasteiger partial charge in [0.15, 0.2) is 11.6 Å². The fraction of sp³-hybridized carbons (Fsp3) is 0.417. The lowest BCUT2D eigenvalue weighted by Crippen LogP contribution is -2.31. The first-order valence-electron chi connectivity index (χ1n) is 9.70. The van der Waals surface area contributed by atoms with Gasteiger partial charge in [0.1, 0.15) is 17.3 Å². The van der Waals surface area contributed by atoms with Crippen molar-refractivity contribution in [3.63, 3.8) is 0 Å². The van der Waals surface area contributed by atoms with Gasteiger partial charge in [0.2, 0.25) is 0 Å². The second-order valence-electron chi connectivity index (χ2n) is 8.59. The van der Waals surface area contributed by atoms with E-state index in [4.69, 9.17) is 4.74 Å². The number of Topliss-reactive ketones (excluding diaryl/α,β-unsaturated/α-hetero) is 2. The SMILES string of the molecule is CC(C)OC(c1ccc(C(=O)C(C)(C)O)cc1)c1ccc(C(=O)C(C)(C)O)cc1. The van der Waals surface area contributed by atoms with Crippen molar-refractivity contribution in [2.75, 3.05) is 0 Å². The molecule has 0 aliphatic carbocycles. The summed E-state index contributed by atoms with van der Waals surface area (Å²) in [6.07, 6.45) is -0.428. The summed E-state index contributed by atoms with van der Waals surface area (Å²) in [7, 11) is 0. The van der Waals surface area contributed by atoms with Crippen LogP contribution in [0.15, 0.2) is 48.5 Å². The molecule has 0 spiro atoms. The number of carbonyl (C=O) groups excluding carboxylic acids is 2. The Labute approximate surface area is 172 Å². The zero-order valence-electron chi connectivity index (χ0n) is 17.9. The van der Waals surface area contributed by atoms with Crippen molar-refractivity contribution >= 4 is 11.6 Å². The highest BCUT2D eigenvalue weighted by Gasteiger charge is 2.27. The molecule has 0 aromatic heterocycles. The highest BCUT2D eigenvalue weighted by molar-refractivity contribution is 6.02. The van der Waals surface area contributed by atoms with Gasteiger partial charge in [0.25, 0.3) is 0 Å². The van der Waals surface area contributed by atoms with Gasteiger partial charge in [-0.25, -0.2) is 0 Å². The molecule has 0 radical (unpaired) electrons. The number of carbonyl (C=O) groups is 2. The Balaban J connectivity index is 2.35. The molecule has 5 heteroatoms. The first-order valence-corrected chi connectivity index (χ1v) is 9.70. The van der Waals surface area contributed by atoms with Gasteiger partial charge >= 0.3 is 0 Å². The average molecular weight is 398 g/mol. The van der Waals surface area contributed by atoms with Crippen LogP contribution in [0, 0.1) is 0 Å². The van der Waals surface area contributed by atoms with E-state index in [-0.39, 0.29) is 23.8 Å². The van der Waals surface area contributed by atoms with Crippen LogP contribution >= 0.6 is 0 Å². The number of aliphatic hydroxyl groups is 2. The molecule has 0 amide bonds. The predicted octanol–water partition coefficient (Wildman–Crippen LogP) is 4.11. The van der Waals surface area contributed by atoms with Crippen LogP contribution in [-0.2, 0) is 4.74 Å². The minimum Gasteiger partial charge on any atom is -0.382 e. The molecule has 0 fully saturated rings. The molecule has 0 bridgehead atoms. The Bertz CT molecular complexity index is 781. The lowest BCUT2D eigenvalue weighted by molar-refractivity contribution is 0.0303. The number of rotatable bonds is 8. The van der Waals surface area contributed by atoms with Gasteiger partial charge in [0.05, 0.1) is 6.10 Å². The summed E-state index contributed by atoms with van der Waals surface area (Å²) in [5, 5.41) is 19.8. The minimum absolute atomic E-state index is 0.0460. The monoisotopic (exact) mass is 398 g/mol. The zero-order chi connectivity index (χ0) is 22.0. The van der Waals surface area contributed by atoms with Crippen molar-refractivity contribution in [2.45, 2.75) is 65.0 Å². The molecule has 0 aliphatic rings. The highest BCUT2D eigenvalue weighted by atomic mass is 16.5. The summed E-state index contributed by atoms with van der Waals surface area (Å²) < 4.78 is 6.09. The van der Waals surface area contributed by atoms with Gasteiger partial charge in [-0.3, -0.25) is 9.59 Å².